The fraction of sp³-hybridized carbons (Fsp3) is 0.250. The van der Waals surface area contributed by atoms with Gasteiger partial charge in [0.05, 0.1) is 41.8 Å². The summed E-state index contributed by atoms with van der Waals surface area (Å²) >= 11 is 0. The number of nitrogens with one attached hydrogen (secondary N) is 3. The lowest BCUT2D eigenvalue weighted by Crippen LogP contribution is -2.34. The molecule has 0 aliphatic carbocycles. The lowest BCUT2D eigenvalue weighted by molar-refractivity contribution is -0.110. The van der Waals surface area contributed by atoms with E-state index in [1.54, 1.807) is 32.3 Å². The third kappa shape index (κ3) is 3.58. The zero-order valence-electron chi connectivity index (χ0n) is 15.2. The molecule has 0 unspecified atom stereocenters. The molecule has 1 aromatic carbocycles. The molecule has 3 rings (SSSR count). The number of hydrogen-bond acceptors (Lipinski definition) is 4. The van der Waals surface area contributed by atoms with Gasteiger partial charge in [0.15, 0.2) is 0 Å². The molecule has 2 aromatic rings. The number of carbonyl (C=O) groups excluding carboxylic acids is 1. The fourth-order valence-electron chi connectivity index (χ4n) is 2.91. The van der Waals surface area contributed by atoms with Gasteiger partial charge in [-0.1, -0.05) is 11.8 Å². The third-order valence-electron chi connectivity index (χ3n) is 4.31. The van der Waals surface area contributed by atoms with E-state index in [9.17, 15) is 14.3 Å². The molecule has 0 fully saturated rings. The molecule has 1 aliphatic heterocycles. The summed E-state index contributed by atoms with van der Waals surface area (Å²) in [5.74, 6) is 5.28. The fourth-order valence-corrected chi connectivity index (χ4v) is 2.91. The molecule has 0 bridgehead atoms. The van der Waals surface area contributed by atoms with Crippen molar-refractivity contribution in [2.24, 2.45) is 0 Å². The number of amides is 1. The van der Waals surface area contributed by atoms with Gasteiger partial charge in [-0.3, -0.25) is 4.79 Å². The second-order valence-electron chi connectivity index (χ2n) is 6.09. The average Bonchev–Trinajstić information content (AvgIpc) is 3.21. The number of hydrogen-bond donors (Lipinski definition) is 4. The van der Waals surface area contributed by atoms with Gasteiger partial charge in [-0.25, -0.2) is 4.39 Å². The number of ether oxygens (including phenoxy) is 1. The van der Waals surface area contributed by atoms with Crippen LogP contribution in [0.15, 0.2) is 24.4 Å². The molecule has 4 N–H and O–H groups in total. The molecule has 2 heterocycles. The Kier molecular flexibility index (Phi) is 5.31. The number of aliphatic hydroxyl groups excluding tert-OH is 1. The topological polar surface area (TPSA) is 86.4 Å². The molecule has 7 heteroatoms. The van der Waals surface area contributed by atoms with Crippen LogP contribution < -0.4 is 15.4 Å². The normalized spacial score (nSPS) is 16.3. The van der Waals surface area contributed by atoms with Gasteiger partial charge in [0.1, 0.15) is 11.6 Å². The van der Waals surface area contributed by atoms with Crippen LogP contribution in [0.1, 0.15) is 23.7 Å². The first kappa shape index (κ1) is 18.7. The first-order valence-electron chi connectivity index (χ1n) is 8.40. The van der Waals surface area contributed by atoms with E-state index in [1.165, 1.54) is 19.2 Å². The molecule has 1 aromatic heterocycles. The molecule has 1 aliphatic rings. The van der Waals surface area contributed by atoms with Gasteiger partial charge >= 0.3 is 0 Å². The van der Waals surface area contributed by atoms with Crippen molar-refractivity contribution in [3.8, 4) is 17.6 Å². The number of likely N-dealkylation sites (N-methyl/N-ethyl adjacent to an activating group) is 1. The first-order valence-corrected chi connectivity index (χ1v) is 8.40. The SMILES string of the molecule is CN[C@H](C#Cc1c(F)ccc2c1C(=Cc1[nH]ccc1OC)C(=O)N2)[C@@H](C)O. The van der Waals surface area contributed by atoms with E-state index in [2.05, 4.69) is 27.5 Å². The number of H-pyrrole nitrogens is 1. The summed E-state index contributed by atoms with van der Waals surface area (Å²) in [7, 11) is 3.18. The van der Waals surface area contributed by atoms with Crippen molar-refractivity contribution in [3.05, 3.63) is 47.0 Å². The minimum Gasteiger partial charge on any atom is -0.495 e. The number of aromatic amines is 1. The summed E-state index contributed by atoms with van der Waals surface area (Å²) in [6, 6.07) is 3.97. The van der Waals surface area contributed by atoms with Crippen LogP contribution in [-0.4, -0.2) is 42.3 Å². The summed E-state index contributed by atoms with van der Waals surface area (Å²) in [4.78, 5) is 15.5. The Bertz CT molecular complexity index is 967. The van der Waals surface area contributed by atoms with E-state index in [-0.39, 0.29) is 17.0 Å². The van der Waals surface area contributed by atoms with Gasteiger partial charge in [0, 0.05) is 11.8 Å². The minimum absolute atomic E-state index is 0.100. The zero-order valence-corrected chi connectivity index (χ0v) is 15.2. The smallest absolute Gasteiger partial charge is 0.256 e. The highest BCUT2D eigenvalue weighted by Gasteiger charge is 2.29. The number of carbonyl (C=O) groups is 1. The number of aliphatic hydroxyl groups is 1. The van der Waals surface area contributed by atoms with E-state index in [1.807, 2.05) is 0 Å². The van der Waals surface area contributed by atoms with Crippen LogP contribution in [0.3, 0.4) is 0 Å². The van der Waals surface area contributed by atoms with Crippen LogP contribution in [0.2, 0.25) is 0 Å². The quantitative estimate of drug-likeness (QED) is 0.490. The van der Waals surface area contributed by atoms with Crippen molar-refractivity contribution in [2.75, 3.05) is 19.5 Å². The van der Waals surface area contributed by atoms with Gasteiger partial charge in [-0.15, -0.1) is 0 Å². The number of halogens is 1. The second kappa shape index (κ2) is 7.66. The highest BCUT2D eigenvalue weighted by Crippen LogP contribution is 2.37. The van der Waals surface area contributed by atoms with Gasteiger partial charge in [0.2, 0.25) is 0 Å². The van der Waals surface area contributed by atoms with Gasteiger partial charge in [-0.05, 0) is 38.2 Å². The van der Waals surface area contributed by atoms with Crippen LogP contribution in [0.25, 0.3) is 11.6 Å². The molecule has 140 valence electrons. The number of aromatic nitrogens is 1. The Morgan fingerprint density at radius 1 is 1.37 bits per heavy atom. The Labute approximate surface area is 156 Å². The van der Waals surface area contributed by atoms with E-state index in [4.69, 9.17) is 4.74 Å². The van der Waals surface area contributed by atoms with Crippen molar-refractivity contribution in [3.63, 3.8) is 0 Å². The maximum atomic E-state index is 14.5. The maximum Gasteiger partial charge on any atom is 0.256 e. The van der Waals surface area contributed by atoms with E-state index < -0.39 is 18.0 Å². The van der Waals surface area contributed by atoms with E-state index in [0.717, 1.165) is 0 Å². The molecule has 0 spiro atoms. The van der Waals surface area contributed by atoms with Gasteiger partial charge < -0.3 is 25.5 Å². The highest BCUT2D eigenvalue weighted by atomic mass is 19.1. The third-order valence-corrected chi connectivity index (χ3v) is 4.31. The number of methoxy groups -OCH3 is 1. The molecular weight excluding hydrogens is 349 g/mol. The summed E-state index contributed by atoms with van der Waals surface area (Å²) in [6.07, 6.45) is 2.56. The second-order valence-corrected chi connectivity index (χ2v) is 6.09. The van der Waals surface area contributed by atoms with Crippen LogP contribution in [0.4, 0.5) is 10.1 Å². The molecule has 0 saturated carbocycles. The number of rotatable bonds is 4. The maximum absolute atomic E-state index is 14.5. The monoisotopic (exact) mass is 369 g/mol. The summed E-state index contributed by atoms with van der Waals surface area (Å²) in [5.41, 5.74) is 1.86. The highest BCUT2D eigenvalue weighted by molar-refractivity contribution is 6.35. The Balaban J connectivity index is 2.14. The van der Waals surface area contributed by atoms with E-state index >= 15 is 0 Å². The van der Waals surface area contributed by atoms with Crippen LogP contribution in [-0.2, 0) is 4.79 Å². The lowest BCUT2D eigenvalue weighted by atomic mass is 9.98. The molecule has 27 heavy (non-hydrogen) atoms. The standard InChI is InChI=1S/C20H20FN3O3/c1-11(25)15(22-2)6-4-12-14(21)5-7-16-19(12)13(20(26)24-16)10-17-18(27-3)8-9-23-17/h5,7-11,15,22-23,25H,1-3H3,(H,24,26)/t11-,15-/m1/s1. The summed E-state index contributed by atoms with van der Waals surface area (Å²) in [6.45, 7) is 1.59. The molecule has 0 saturated heterocycles. The Morgan fingerprint density at radius 3 is 2.81 bits per heavy atom. The number of benzene rings is 1. The molecule has 6 nitrogen and oxygen atoms in total. The summed E-state index contributed by atoms with van der Waals surface area (Å²) in [5, 5.41) is 15.3. The average molecular weight is 369 g/mol. The molecule has 2 atom stereocenters. The Hall–Kier alpha value is -3.08. The lowest BCUT2D eigenvalue weighted by Gasteiger charge is -2.12. The first-order chi connectivity index (χ1) is 13.0. The number of fused-ring (bicyclic) bond motifs is 1. The summed E-state index contributed by atoms with van der Waals surface area (Å²) < 4.78 is 19.8. The molecule has 1 amide bonds. The zero-order chi connectivity index (χ0) is 19.6. The van der Waals surface area contributed by atoms with Crippen LogP contribution >= 0.6 is 0 Å². The van der Waals surface area contributed by atoms with Crippen molar-refractivity contribution in [2.45, 2.75) is 19.1 Å². The van der Waals surface area contributed by atoms with Gasteiger partial charge in [0.25, 0.3) is 5.91 Å². The van der Waals surface area contributed by atoms with Crippen molar-refractivity contribution < 1.29 is 19.0 Å². The van der Waals surface area contributed by atoms with E-state index in [0.29, 0.717) is 22.7 Å². The van der Waals surface area contributed by atoms with Gasteiger partial charge in [-0.2, -0.15) is 0 Å². The Morgan fingerprint density at radius 2 is 2.15 bits per heavy atom. The van der Waals surface area contributed by atoms with Crippen molar-refractivity contribution in [1.82, 2.24) is 10.3 Å². The van der Waals surface area contributed by atoms with Crippen LogP contribution in [0, 0.1) is 17.7 Å². The van der Waals surface area contributed by atoms with Crippen LogP contribution in [0.5, 0.6) is 5.75 Å². The van der Waals surface area contributed by atoms with Crippen molar-refractivity contribution >= 4 is 23.2 Å². The predicted octanol–water partition coefficient (Wildman–Crippen LogP) is 1.98. The minimum atomic E-state index is -0.736. The predicted molar refractivity (Wildman–Crippen MR) is 102 cm³/mol. The number of anilines is 1. The molecule has 0 radical (unpaired) electrons. The molecular formula is C20H20FN3O3. The largest absolute Gasteiger partial charge is 0.495 e. The van der Waals surface area contributed by atoms with Crippen molar-refractivity contribution in [1.29, 1.82) is 0 Å².